The number of carbonyl (C=O) groups excluding carboxylic acids is 1. The fourth-order valence-electron chi connectivity index (χ4n) is 3.59. The molecule has 0 aromatic heterocycles. The molecule has 0 aliphatic carbocycles. The first kappa shape index (κ1) is 18.5. The van der Waals surface area contributed by atoms with E-state index in [2.05, 4.69) is 29.6 Å². The Kier molecular flexibility index (Phi) is 6.29. The fraction of sp³-hybridized carbons (Fsp3) is 0.409. The fourth-order valence-corrected chi connectivity index (χ4v) is 3.59. The number of benzene rings is 2. The van der Waals surface area contributed by atoms with E-state index < -0.39 is 0 Å². The standard InChI is InChI=1S/C22H27NO3/c1-3-25-20-11-9-18(10-12-20)22-15-19(23-16(2)24)14-21(26-22)13-17-7-5-4-6-8-17/h4-12,19,21-22H,3,13-15H2,1-2H3,(H,23,24)/t19-,21+,22+/m1/s1. The normalized spacial score (nSPS) is 22.6. The highest BCUT2D eigenvalue weighted by Gasteiger charge is 2.31. The lowest BCUT2D eigenvalue weighted by molar-refractivity contribution is -0.122. The molecule has 138 valence electrons. The molecule has 4 nitrogen and oxygen atoms in total. The number of nitrogens with one attached hydrogen (secondary N) is 1. The Balaban J connectivity index is 1.73. The third kappa shape index (κ3) is 5.09. The van der Waals surface area contributed by atoms with Crippen molar-refractivity contribution in [3.05, 3.63) is 65.7 Å². The second kappa shape index (κ2) is 8.86. The topological polar surface area (TPSA) is 47.6 Å². The van der Waals surface area contributed by atoms with Crippen molar-refractivity contribution >= 4 is 5.91 Å². The number of hydrogen-bond donors (Lipinski definition) is 1. The predicted molar refractivity (Wildman–Crippen MR) is 102 cm³/mol. The lowest BCUT2D eigenvalue weighted by Crippen LogP contribution is -2.42. The summed E-state index contributed by atoms with van der Waals surface area (Å²) in [6.45, 7) is 4.21. The third-order valence-corrected chi connectivity index (χ3v) is 4.68. The molecule has 3 atom stereocenters. The van der Waals surface area contributed by atoms with Crippen LogP contribution in [0.15, 0.2) is 54.6 Å². The Labute approximate surface area is 155 Å². The van der Waals surface area contributed by atoms with Gasteiger partial charge in [0.1, 0.15) is 5.75 Å². The van der Waals surface area contributed by atoms with E-state index in [1.54, 1.807) is 6.92 Å². The zero-order valence-corrected chi connectivity index (χ0v) is 15.5. The Hall–Kier alpha value is -2.33. The van der Waals surface area contributed by atoms with E-state index in [4.69, 9.17) is 9.47 Å². The first-order chi connectivity index (χ1) is 12.6. The molecule has 1 aliphatic heterocycles. The summed E-state index contributed by atoms with van der Waals surface area (Å²) in [5, 5.41) is 3.09. The number of ether oxygens (including phenoxy) is 2. The van der Waals surface area contributed by atoms with Crippen LogP contribution < -0.4 is 10.1 Å². The molecule has 1 aliphatic rings. The third-order valence-electron chi connectivity index (χ3n) is 4.68. The van der Waals surface area contributed by atoms with Crippen molar-refractivity contribution in [1.82, 2.24) is 5.32 Å². The van der Waals surface area contributed by atoms with Crippen LogP contribution in [-0.2, 0) is 16.0 Å². The Morgan fingerprint density at radius 3 is 2.50 bits per heavy atom. The smallest absolute Gasteiger partial charge is 0.217 e. The first-order valence-corrected chi connectivity index (χ1v) is 9.33. The largest absolute Gasteiger partial charge is 0.494 e. The minimum atomic E-state index is -0.0232. The number of rotatable bonds is 6. The monoisotopic (exact) mass is 353 g/mol. The Morgan fingerprint density at radius 2 is 1.85 bits per heavy atom. The van der Waals surface area contributed by atoms with E-state index in [-0.39, 0.29) is 24.2 Å². The van der Waals surface area contributed by atoms with E-state index in [9.17, 15) is 4.79 Å². The molecule has 0 spiro atoms. The molecule has 1 saturated heterocycles. The van der Waals surface area contributed by atoms with Gasteiger partial charge in [0.25, 0.3) is 0 Å². The van der Waals surface area contributed by atoms with Crippen molar-refractivity contribution in [3.63, 3.8) is 0 Å². The molecule has 1 N–H and O–H groups in total. The van der Waals surface area contributed by atoms with Gasteiger partial charge in [0.05, 0.1) is 18.8 Å². The molecule has 2 aromatic rings. The van der Waals surface area contributed by atoms with Crippen LogP contribution in [0.5, 0.6) is 5.75 Å². The lowest BCUT2D eigenvalue weighted by Gasteiger charge is -2.36. The SMILES string of the molecule is CCOc1ccc([C@@H]2C[C@H](NC(C)=O)C[C@H](Cc3ccccc3)O2)cc1. The van der Waals surface area contributed by atoms with Crippen LogP contribution >= 0.6 is 0 Å². The summed E-state index contributed by atoms with van der Waals surface area (Å²) in [6.07, 6.45) is 2.54. The van der Waals surface area contributed by atoms with Crippen LogP contribution in [0, 0.1) is 0 Å². The van der Waals surface area contributed by atoms with Crippen molar-refractivity contribution in [2.24, 2.45) is 0 Å². The van der Waals surface area contributed by atoms with Crippen LogP contribution in [0.3, 0.4) is 0 Å². The van der Waals surface area contributed by atoms with Crippen LogP contribution in [0.1, 0.15) is 43.9 Å². The van der Waals surface area contributed by atoms with Gasteiger partial charge < -0.3 is 14.8 Å². The van der Waals surface area contributed by atoms with Crippen molar-refractivity contribution in [3.8, 4) is 5.75 Å². The van der Waals surface area contributed by atoms with Gasteiger partial charge in [-0.2, -0.15) is 0 Å². The summed E-state index contributed by atoms with van der Waals surface area (Å²) in [6, 6.07) is 18.6. The summed E-state index contributed by atoms with van der Waals surface area (Å²) in [5.41, 5.74) is 2.38. The van der Waals surface area contributed by atoms with Crippen molar-refractivity contribution in [2.45, 2.75) is 51.4 Å². The minimum absolute atomic E-state index is 0.0146. The van der Waals surface area contributed by atoms with Gasteiger partial charge in [-0.05, 0) is 49.4 Å². The summed E-state index contributed by atoms with van der Waals surface area (Å²) in [4.78, 5) is 11.6. The Bertz CT molecular complexity index is 699. The number of carbonyl (C=O) groups is 1. The van der Waals surface area contributed by atoms with Gasteiger partial charge in [-0.3, -0.25) is 4.79 Å². The number of amides is 1. The van der Waals surface area contributed by atoms with E-state index in [0.29, 0.717) is 6.61 Å². The molecular weight excluding hydrogens is 326 g/mol. The minimum Gasteiger partial charge on any atom is -0.494 e. The van der Waals surface area contributed by atoms with Crippen LogP contribution in [0.25, 0.3) is 0 Å². The van der Waals surface area contributed by atoms with Crippen LogP contribution in [0.4, 0.5) is 0 Å². The average molecular weight is 353 g/mol. The molecule has 1 heterocycles. The lowest BCUT2D eigenvalue weighted by atomic mass is 9.91. The van der Waals surface area contributed by atoms with Gasteiger partial charge in [-0.25, -0.2) is 0 Å². The molecule has 2 aromatic carbocycles. The van der Waals surface area contributed by atoms with Gasteiger partial charge in [-0.15, -0.1) is 0 Å². The summed E-state index contributed by atoms with van der Waals surface area (Å²) in [7, 11) is 0. The molecule has 3 rings (SSSR count). The molecule has 4 heteroatoms. The maximum absolute atomic E-state index is 11.6. The Morgan fingerprint density at radius 1 is 1.12 bits per heavy atom. The quantitative estimate of drug-likeness (QED) is 0.852. The van der Waals surface area contributed by atoms with Gasteiger partial charge in [-0.1, -0.05) is 42.5 Å². The summed E-state index contributed by atoms with van der Waals surface area (Å²) in [5.74, 6) is 0.882. The molecular formula is C22H27NO3. The van der Waals surface area contributed by atoms with Crippen LogP contribution in [0.2, 0.25) is 0 Å². The molecule has 0 bridgehead atoms. The van der Waals surface area contributed by atoms with E-state index in [1.165, 1.54) is 5.56 Å². The van der Waals surface area contributed by atoms with Gasteiger partial charge in [0.15, 0.2) is 0 Å². The second-order valence-corrected chi connectivity index (χ2v) is 6.81. The van der Waals surface area contributed by atoms with E-state index in [1.807, 2.05) is 37.3 Å². The van der Waals surface area contributed by atoms with Crippen molar-refractivity contribution in [2.75, 3.05) is 6.61 Å². The first-order valence-electron chi connectivity index (χ1n) is 9.33. The van der Waals surface area contributed by atoms with Gasteiger partial charge in [0, 0.05) is 13.0 Å². The van der Waals surface area contributed by atoms with Gasteiger partial charge in [0.2, 0.25) is 5.91 Å². The highest BCUT2D eigenvalue weighted by Crippen LogP contribution is 2.33. The molecule has 26 heavy (non-hydrogen) atoms. The van der Waals surface area contributed by atoms with E-state index in [0.717, 1.165) is 30.6 Å². The van der Waals surface area contributed by atoms with Crippen LogP contribution in [-0.4, -0.2) is 24.7 Å². The van der Waals surface area contributed by atoms with Gasteiger partial charge >= 0.3 is 0 Å². The molecule has 0 saturated carbocycles. The maximum Gasteiger partial charge on any atom is 0.217 e. The maximum atomic E-state index is 11.6. The van der Waals surface area contributed by atoms with Crippen molar-refractivity contribution in [1.29, 1.82) is 0 Å². The highest BCUT2D eigenvalue weighted by atomic mass is 16.5. The average Bonchev–Trinajstić information content (AvgIpc) is 2.63. The zero-order valence-electron chi connectivity index (χ0n) is 15.5. The summed E-state index contributed by atoms with van der Waals surface area (Å²) >= 11 is 0. The molecule has 1 amide bonds. The molecule has 1 fully saturated rings. The molecule has 0 radical (unpaired) electrons. The highest BCUT2D eigenvalue weighted by molar-refractivity contribution is 5.73. The molecule has 0 unspecified atom stereocenters. The second-order valence-electron chi connectivity index (χ2n) is 6.81. The summed E-state index contributed by atoms with van der Waals surface area (Å²) < 4.78 is 11.9. The van der Waals surface area contributed by atoms with E-state index >= 15 is 0 Å². The number of hydrogen-bond acceptors (Lipinski definition) is 3. The predicted octanol–water partition coefficient (Wildman–Crippen LogP) is 4.05. The van der Waals surface area contributed by atoms with Crippen molar-refractivity contribution < 1.29 is 14.3 Å². The zero-order chi connectivity index (χ0) is 18.4.